The summed E-state index contributed by atoms with van der Waals surface area (Å²) in [7, 11) is 0. The van der Waals surface area contributed by atoms with Gasteiger partial charge in [0.05, 0.1) is 0 Å². The molecule has 1 aliphatic rings. The molecular formula is C6H8N2O2S. The highest BCUT2D eigenvalue weighted by Gasteiger charge is 2.20. The van der Waals surface area contributed by atoms with E-state index in [1.54, 1.807) is 0 Å². The Kier molecular flexibility index (Phi) is 1.73. The smallest absolute Gasteiger partial charge is 0.296 e. The van der Waals surface area contributed by atoms with Crippen molar-refractivity contribution in [3.8, 4) is 0 Å². The van der Waals surface area contributed by atoms with Crippen LogP contribution in [-0.2, 0) is 0 Å². The molecule has 1 atom stereocenters. The van der Waals surface area contributed by atoms with Crippen molar-refractivity contribution >= 4 is 11.8 Å². The molecule has 2 heterocycles. The van der Waals surface area contributed by atoms with E-state index in [4.69, 9.17) is 0 Å². The summed E-state index contributed by atoms with van der Waals surface area (Å²) in [6.45, 7) is 0. The summed E-state index contributed by atoms with van der Waals surface area (Å²) in [5.41, 5.74) is 0. The molecule has 2 rings (SSSR count). The molecule has 0 saturated carbocycles. The van der Waals surface area contributed by atoms with E-state index in [0.29, 0.717) is 11.7 Å². The van der Waals surface area contributed by atoms with Crippen LogP contribution >= 0.6 is 11.8 Å². The van der Waals surface area contributed by atoms with Gasteiger partial charge in [-0.05, 0) is 12.2 Å². The molecule has 0 spiro atoms. The quantitative estimate of drug-likeness (QED) is 0.673. The van der Waals surface area contributed by atoms with Crippen molar-refractivity contribution in [3.05, 3.63) is 16.4 Å². The van der Waals surface area contributed by atoms with Gasteiger partial charge >= 0.3 is 5.76 Å². The van der Waals surface area contributed by atoms with Crippen LogP contribution in [0.1, 0.15) is 18.2 Å². The van der Waals surface area contributed by atoms with Gasteiger partial charge in [0.25, 0.3) is 0 Å². The van der Waals surface area contributed by atoms with Crippen molar-refractivity contribution in [2.45, 2.75) is 12.3 Å². The van der Waals surface area contributed by atoms with Gasteiger partial charge < -0.3 is 0 Å². The van der Waals surface area contributed by atoms with Crippen LogP contribution in [0.3, 0.4) is 0 Å². The van der Waals surface area contributed by atoms with Gasteiger partial charge in [0.2, 0.25) is 0 Å². The van der Waals surface area contributed by atoms with E-state index in [0.717, 1.165) is 17.9 Å². The first-order valence-corrected chi connectivity index (χ1v) is 4.65. The number of hydrogen-bond acceptors (Lipinski definition) is 4. The fraction of sp³-hybridized carbons (Fsp3) is 0.667. The maximum Gasteiger partial charge on any atom is 0.438 e. The Labute approximate surface area is 67.4 Å². The van der Waals surface area contributed by atoms with Crippen molar-refractivity contribution in [1.82, 2.24) is 10.1 Å². The highest BCUT2D eigenvalue weighted by Crippen LogP contribution is 2.29. The highest BCUT2D eigenvalue weighted by molar-refractivity contribution is 7.99. The third-order valence-corrected chi connectivity index (χ3v) is 2.94. The number of hydrogen-bond donors (Lipinski definition) is 1. The molecule has 0 radical (unpaired) electrons. The summed E-state index contributed by atoms with van der Waals surface area (Å²) in [5.74, 6) is 2.85. The molecule has 1 aromatic heterocycles. The summed E-state index contributed by atoms with van der Waals surface area (Å²) in [6.07, 6.45) is 1.09. The Morgan fingerprint density at radius 2 is 2.64 bits per heavy atom. The lowest BCUT2D eigenvalue weighted by Gasteiger charge is -1.98. The summed E-state index contributed by atoms with van der Waals surface area (Å²) in [6, 6.07) is 0. The van der Waals surface area contributed by atoms with E-state index < -0.39 is 5.76 Å². The largest absolute Gasteiger partial charge is 0.438 e. The SMILES string of the molecule is O=c1[nH]c(C2CCSC2)no1. The molecule has 1 N–H and O–H groups in total. The Balaban J connectivity index is 2.21. The van der Waals surface area contributed by atoms with Crippen LogP contribution < -0.4 is 5.76 Å². The third kappa shape index (κ3) is 1.33. The second-order valence-corrected chi connectivity index (χ2v) is 3.69. The van der Waals surface area contributed by atoms with Crippen LogP contribution in [0.25, 0.3) is 0 Å². The summed E-state index contributed by atoms with van der Waals surface area (Å²) >= 11 is 1.88. The number of nitrogens with zero attached hydrogens (tertiary/aromatic N) is 1. The second-order valence-electron chi connectivity index (χ2n) is 2.54. The summed E-state index contributed by atoms with van der Waals surface area (Å²) in [5, 5.41) is 3.64. The number of rotatable bonds is 1. The van der Waals surface area contributed by atoms with E-state index in [2.05, 4.69) is 14.7 Å². The van der Waals surface area contributed by atoms with Crippen LogP contribution in [0.5, 0.6) is 0 Å². The van der Waals surface area contributed by atoms with Gasteiger partial charge in [0, 0.05) is 11.7 Å². The van der Waals surface area contributed by atoms with E-state index in [-0.39, 0.29) is 0 Å². The zero-order valence-corrected chi connectivity index (χ0v) is 6.69. The molecule has 11 heavy (non-hydrogen) atoms. The number of thioether (sulfide) groups is 1. The monoisotopic (exact) mass is 172 g/mol. The lowest BCUT2D eigenvalue weighted by Crippen LogP contribution is -2.02. The third-order valence-electron chi connectivity index (χ3n) is 1.77. The molecular weight excluding hydrogens is 164 g/mol. The Morgan fingerprint density at radius 1 is 1.73 bits per heavy atom. The lowest BCUT2D eigenvalue weighted by molar-refractivity contribution is 0.378. The topological polar surface area (TPSA) is 58.9 Å². The van der Waals surface area contributed by atoms with Gasteiger partial charge in [-0.1, -0.05) is 5.16 Å². The van der Waals surface area contributed by atoms with Gasteiger partial charge in [0.15, 0.2) is 5.82 Å². The van der Waals surface area contributed by atoms with E-state index in [1.165, 1.54) is 0 Å². The molecule has 0 amide bonds. The van der Waals surface area contributed by atoms with Gasteiger partial charge in [-0.25, -0.2) is 4.79 Å². The van der Waals surface area contributed by atoms with E-state index >= 15 is 0 Å². The minimum atomic E-state index is -0.447. The molecule has 0 aliphatic carbocycles. The van der Waals surface area contributed by atoms with E-state index in [9.17, 15) is 4.79 Å². The standard InChI is InChI=1S/C6H8N2O2S/c9-6-7-5(8-10-6)4-1-2-11-3-4/h4H,1-3H2,(H,7,8,9). The van der Waals surface area contributed by atoms with Gasteiger partial charge in [-0.15, -0.1) is 0 Å². The second kappa shape index (κ2) is 2.73. The predicted molar refractivity (Wildman–Crippen MR) is 41.8 cm³/mol. The van der Waals surface area contributed by atoms with Crippen molar-refractivity contribution in [2.75, 3.05) is 11.5 Å². The summed E-state index contributed by atoms with van der Waals surface area (Å²) < 4.78 is 4.41. The lowest BCUT2D eigenvalue weighted by atomic mass is 10.1. The first kappa shape index (κ1) is 6.97. The number of nitrogens with one attached hydrogen (secondary N) is 1. The number of aromatic amines is 1. The highest BCUT2D eigenvalue weighted by atomic mass is 32.2. The molecule has 5 heteroatoms. The predicted octanol–water partition coefficient (Wildman–Crippen LogP) is 0.583. The molecule has 0 bridgehead atoms. The molecule has 60 valence electrons. The maximum absolute atomic E-state index is 10.6. The van der Waals surface area contributed by atoms with Crippen LogP contribution in [0, 0.1) is 0 Å². The molecule has 4 nitrogen and oxygen atoms in total. The van der Waals surface area contributed by atoms with Crippen LogP contribution in [0.4, 0.5) is 0 Å². The molecule has 1 aromatic rings. The first-order chi connectivity index (χ1) is 5.36. The zero-order chi connectivity index (χ0) is 7.68. The van der Waals surface area contributed by atoms with Crippen molar-refractivity contribution in [3.63, 3.8) is 0 Å². The minimum absolute atomic E-state index is 0.395. The normalized spacial score (nSPS) is 24.2. The Hall–Kier alpha value is -0.710. The summed E-state index contributed by atoms with van der Waals surface area (Å²) in [4.78, 5) is 13.1. The first-order valence-electron chi connectivity index (χ1n) is 3.50. The van der Waals surface area contributed by atoms with Crippen LogP contribution in [0.2, 0.25) is 0 Å². The molecule has 1 saturated heterocycles. The minimum Gasteiger partial charge on any atom is -0.296 e. The number of H-pyrrole nitrogens is 1. The average molecular weight is 172 g/mol. The fourth-order valence-corrected chi connectivity index (χ4v) is 2.39. The van der Waals surface area contributed by atoms with Gasteiger partial charge in [-0.2, -0.15) is 11.8 Å². The maximum atomic E-state index is 10.6. The van der Waals surface area contributed by atoms with Gasteiger partial charge in [-0.3, -0.25) is 9.51 Å². The molecule has 0 aromatic carbocycles. The van der Waals surface area contributed by atoms with E-state index in [1.807, 2.05) is 11.8 Å². The number of aromatic nitrogens is 2. The average Bonchev–Trinajstić information content (AvgIpc) is 2.55. The molecule has 1 unspecified atom stereocenters. The van der Waals surface area contributed by atoms with Crippen molar-refractivity contribution in [1.29, 1.82) is 0 Å². The molecule has 1 fully saturated rings. The Bertz CT molecular complexity index is 287. The zero-order valence-electron chi connectivity index (χ0n) is 5.87. The van der Waals surface area contributed by atoms with Gasteiger partial charge in [0.1, 0.15) is 0 Å². The van der Waals surface area contributed by atoms with Crippen molar-refractivity contribution in [2.24, 2.45) is 0 Å². The fourth-order valence-electron chi connectivity index (χ4n) is 1.17. The van der Waals surface area contributed by atoms with Crippen LogP contribution in [0.15, 0.2) is 9.32 Å². The Morgan fingerprint density at radius 3 is 3.18 bits per heavy atom. The molecule has 1 aliphatic heterocycles. The van der Waals surface area contributed by atoms with Crippen LogP contribution in [-0.4, -0.2) is 21.6 Å². The van der Waals surface area contributed by atoms with Crippen molar-refractivity contribution < 1.29 is 4.52 Å².